The second kappa shape index (κ2) is 9.87. The molecule has 0 unspecified atom stereocenters. The molecule has 6 heteroatoms. The second-order valence-electron chi connectivity index (χ2n) is 5.15. The van der Waals surface area contributed by atoms with Gasteiger partial charge in [-0.25, -0.2) is 4.98 Å². The molecule has 23 heavy (non-hydrogen) atoms. The molecule has 0 aliphatic carbocycles. The van der Waals surface area contributed by atoms with E-state index in [9.17, 15) is 0 Å². The fourth-order valence-corrected chi connectivity index (χ4v) is 3.12. The molecule has 0 aliphatic rings. The molecule has 0 spiro atoms. The Morgan fingerprint density at radius 1 is 1.13 bits per heavy atom. The van der Waals surface area contributed by atoms with Gasteiger partial charge in [-0.2, -0.15) is 0 Å². The van der Waals surface area contributed by atoms with E-state index in [1.165, 1.54) is 16.0 Å². The molecule has 4 nitrogen and oxygen atoms in total. The van der Waals surface area contributed by atoms with E-state index in [-0.39, 0.29) is 24.0 Å². The Hall–Kier alpha value is -1.15. The van der Waals surface area contributed by atoms with Crippen LogP contribution in [0.25, 0.3) is 0 Å². The van der Waals surface area contributed by atoms with Crippen LogP contribution in [-0.4, -0.2) is 18.0 Å². The molecule has 0 saturated carbocycles. The highest BCUT2D eigenvalue weighted by Gasteiger charge is 2.05. The largest absolute Gasteiger partial charge is 0.352 e. The predicted octanol–water partition coefficient (Wildman–Crippen LogP) is 3.81. The first-order chi connectivity index (χ1) is 10.6. The first-order valence-corrected chi connectivity index (χ1v) is 8.40. The highest BCUT2D eigenvalue weighted by molar-refractivity contribution is 14.0. The zero-order valence-corrected chi connectivity index (χ0v) is 17.3. The van der Waals surface area contributed by atoms with Crippen LogP contribution in [-0.2, 0) is 19.5 Å². The highest BCUT2D eigenvalue weighted by Crippen LogP contribution is 2.15. The maximum Gasteiger partial charge on any atom is 0.191 e. The molecule has 0 amide bonds. The number of thiazole rings is 1. The van der Waals surface area contributed by atoms with E-state index in [1.807, 2.05) is 6.92 Å². The van der Waals surface area contributed by atoms with Gasteiger partial charge < -0.3 is 10.6 Å². The average molecular weight is 444 g/mol. The van der Waals surface area contributed by atoms with Crippen LogP contribution >= 0.6 is 35.3 Å². The number of nitrogens with zero attached hydrogens (tertiary/aromatic N) is 2. The zero-order valence-electron chi connectivity index (χ0n) is 14.1. The van der Waals surface area contributed by atoms with Gasteiger partial charge in [0, 0.05) is 18.5 Å². The van der Waals surface area contributed by atoms with Crippen molar-refractivity contribution in [1.82, 2.24) is 15.6 Å². The third-order valence-electron chi connectivity index (χ3n) is 3.65. The van der Waals surface area contributed by atoms with Crippen LogP contribution in [0.5, 0.6) is 0 Å². The first kappa shape index (κ1) is 19.9. The summed E-state index contributed by atoms with van der Waals surface area (Å²) in [6.07, 6.45) is 1.04. The van der Waals surface area contributed by atoms with Gasteiger partial charge in [-0.1, -0.05) is 31.2 Å². The zero-order chi connectivity index (χ0) is 15.9. The van der Waals surface area contributed by atoms with E-state index < -0.39 is 0 Å². The van der Waals surface area contributed by atoms with Crippen LogP contribution in [0, 0.1) is 13.8 Å². The van der Waals surface area contributed by atoms with Crippen molar-refractivity contribution in [3.63, 3.8) is 0 Å². The van der Waals surface area contributed by atoms with Gasteiger partial charge in [0.05, 0.1) is 12.2 Å². The smallest absolute Gasteiger partial charge is 0.191 e. The maximum atomic E-state index is 4.54. The summed E-state index contributed by atoms with van der Waals surface area (Å²) in [4.78, 5) is 10.1. The fraction of sp³-hybridized carbons (Fsp3) is 0.412. The fourth-order valence-electron chi connectivity index (χ4n) is 2.25. The van der Waals surface area contributed by atoms with Gasteiger partial charge >= 0.3 is 0 Å². The molecule has 0 radical (unpaired) electrons. The summed E-state index contributed by atoms with van der Waals surface area (Å²) in [5, 5.41) is 7.78. The molecule has 0 fully saturated rings. The van der Waals surface area contributed by atoms with Crippen molar-refractivity contribution in [2.24, 2.45) is 4.99 Å². The highest BCUT2D eigenvalue weighted by atomic mass is 127. The van der Waals surface area contributed by atoms with Gasteiger partial charge in [0.1, 0.15) is 5.01 Å². The molecule has 126 valence electrons. The Bertz CT molecular complexity index is 632. The molecule has 1 heterocycles. The Kier molecular flexibility index (Phi) is 8.54. The number of aliphatic imine (C=N–C) groups is 1. The van der Waals surface area contributed by atoms with Crippen LogP contribution in [0.4, 0.5) is 0 Å². The number of guanidine groups is 1. The summed E-state index contributed by atoms with van der Waals surface area (Å²) >= 11 is 1.73. The van der Waals surface area contributed by atoms with Crippen LogP contribution in [0.3, 0.4) is 0 Å². The first-order valence-electron chi connectivity index (χ1n) is 7.58. The van der Waals surface area contributed by atoms with Gasteiger partial charge in [0.15, 0.2) is 5.96 Å². The maximum absolute atomic E-state index is 4.54. The standard InChI is InChI=1S/C17H24N4S.HI/c1-5-14-8-6-7-9-15(14)10-19-17(18-4)20-11-16-21-12(2)13(3)22-16;/h6-9H,5,10-11H2,1-4H3,(H2,18,19,20);1H. The molecule has 0 aliphatic heterocycles. The molecule has 1 aromatic heterocycles. The molecule has 0 bridgehead atoms. The summed E-state index contributed by atoms with van der Waals surface area (Å²) in [5.74, 6) is 0.802. The summed E-state index contributed by atoms with van der Waals surface area (Å²) in [6, 6.07) is 8.50. The van der Waals surface area contributed by atoms with Gasteiger partial charge in [0.2, 0.25) is 0 Å². The van der Waals surface area contributed by atoms with Crippen molar-refractivity contribution >= 4 is 41.3 Å². The lowest BCUT2D eigenvalue weighted by molar-refractivity contribution is 0.798. The lowest BCUT2D eigenvalue weighted by atomic mass is 10.1. The summed E-state index contributed by atoms with van der Waals surface area (Å²) in [7, 11) is 1.79. The third-order valence-corrected chi connectivity index (χ3v) is 4.72. The number of aromatic nitrogens is 1. The Morgan fingerprint density at radius 3 is 2.35 bits per heavy atom. The van der Waals surface area contributed by atoms with Crippen molar-refractivity contribution in [3.05, 3.63) is 51.0 Å². The lowest BCUT2D eigenvalue weighted by Gasteiger charge is -2.13. The number of aryl methyl sites for hydroxylation is 3. The minimum atomic E-state index is 0. The van der Waals surface area contributed by atoms with E-state index in [2.05, 4.69) is 58.7 Å². The molecule has 0 saturated heterocycles. The van der Waals surface area contributed by atoms with Crippen molar-refractivity contribution < 1.29 is 0 Å². The van der Waals surface area contributed by atoms with E-state index in [4.69, 9.17) is 0 Å². The number of hydrogen-bond donors (Lipinski definition) is 2. The molecular weight excluding hydrogens is 419 g/mol. The third kappa shape index (κ3) is 5.76. The van der Waals surface area contributed by atoms with E-state index in [0.717, 1.165) is 29.6 Å². The van der Waals surface area contributed by atoms with Gasteiger partial charge in [-0.15, -0.1) is 35.3 Å². The topological polar surface area (TPSA) is 49.3 Å². The SMILES string of the molecule is CCc1ccccc1CNC(=NC)NCc1nc(C)c(C)s1.I. The molecule has 2 aromatic rings. The Morgan fingerprint density at radius 2 is 1.78 bits per heavy atom. The number of benzene rings is 1. The van der Waals surface area contributed by atoms with Crippen molar-refractivity contribution in [3.8, 4) is 0 Å². The molecule has 2 rings (SSSR count). The normalized spacial score (nSPS) is 11.0. The van der Waals surface area contributed by atoms with E-state index in [0.29, 0.717) is 6.54 Å². The van der Waals surface area contributed by atoms with E-state index in [1.54, 1.807) is 18.4 Å². The summed E-state index contributed by atoms with van der Waals surface area (Å²) in [5.41, 5.74) is 3.80. The Labute approximate surface area is 159 Å². The van der Waals surface area contributed by atoms with E-state index >= 15 is 0 Å². The van der Waals surface area contributed by atoms with Gasteiger partial charge in [0.25, 0.3) is 0 Å². The van der Waals surface area contributed by atoms with Crippen molar-refractivity contribution in [2.45, 2.75) is 40.3 Å². The summed E-state index contributed by atoms with van der Waals surface area (Å²) < 4.78 is 0. The minimum absolute atomic E-state index is 0. The number of halogens is 1. The monoisotopic (exact) mass is 444 g/mol. The molecule has 1 aromatic carbocycles. The average Bonchev–Trinajstić information content (AvgIpc) is 2.86. The number of rotatable bonds is 5. The molecule has 0 atom stereocenters. The quantitative estimate of drug-likeness (QED) is 0.419. The van der Waals surface area contributed by atoms with Crippen molar-refractivity contribution in [1.29, 1.82) is 0 Å². The van der Waals surface area contributed by atoms with Crippen LogP contribution in [0.2, 0.25) is 0 Å². The Balaban J connectivity index is 0.00000264. The minimum Gasteiger partial charge on any atom is -0.352 e. The van der Waals surface area contributed by atoms with Crippen LogP contribution in [0.15, 0.2) is 29.3 Å². The molecular formula is C17H25IN4S. The number of hydrogen-bond acceptors (Lipinski definition) is 3. The second-order valence-corrected chi connectivity index (χ2v) is 6.44. The van der Waals surface area contributed by atoms with Crippen molar-refractivity contribution in [2.75, 3.05) is 7.05 Å². The number of nitrogens with one attached hydrogen (secondary N) is 2. The molecule has 2 N–H and O–H groups in total. The van der Waals surface area contributed by atoms with Gasteiger partial charge in [-0.05, 0) is 31.4 Å². The van der Waals surface area contributed by atoms with Gasteiger partial charge in [-0.3, -0.25) is 4.99 Å². The lowest BCUT2D eigenvalue weighted by Crippen LogP contribution is -2.36. The van der Waals surface area contributed by atoms with Crippen LogP contribution < -0.4 is 10.6 Å². The predicted molar refractivity (Wildman–Crippen MR) is 110 cm³/mol. The summed E-state index contributed by atoms with van der Waals surface area (Å²) in [6.45, 7) is 7.81. The van der Waals surface area contributed by atoms with Crippen LogP contribution in [0.1, 0.15) is 33.6 Å².